The van der Waals surface area contributed by atoms with Crippen molar-refractivity contribution in [2.45, 2.75) is 31.4 Å². The Morgan fingerprint density at radius 3 is 2.37 bits per heavy atom. The zero-order chi connectivity index (χ0) is 13.4. The first-order valence-electron chi connectivity index (χ1n) is 6.78. The molecular weight excluding hydrogens is 256 g/mol. The molecule has 2 N–H and O–H groups in total. The monoisotopic (exact) mass is 274 g/mol. The van der Waals surface area contributed by atoms with E-state index in [1.807, 2.05) is 36.0 Å². The fraction of sp³-hybridized carbons (Fsp3) is 0.375. The second-order valence-electron chi connectivity index (χ2n) is 5.02. The van der Waals surface area contributed by atoms with Gasteiger partial charge in [-0.2, -0.15) is 11.8 Å². The molecule has 1 aliphatic carbocycles. The van der Waals surface area contributed by atoms with Crippen LogP contribution >= 0.6 is 11.8 Å². The summed E-state index contributed by atoms with van der Waals surface area (Å²) in [7, 11) is 0. The number of aromatic hydroxyl groups is 2. The summed E-state index contributed by atoms with van der Waals surface area (Å²) in [6.07, 6.45) is 2.80. The van der Waals surface area contributed by atoms with Gasteiger partial charge in [0, 0.05) is 27.1 Å². The molecule has 2 aromatic carbocycles. The Hall–Kier alpha value is -1.35. The molecule has 0 aromatic heterocycles. The molecule has 1 unspecified atom stereocenters. The first-order valence-corrected chi connectivity index (χ1v) is 7.83. The summed E-state index contributed by atoms with van der Waals surface area (Å²) in [5.74, 6) is 1.83. The van der Waals surface area contributed by atoms with Crippen LogP contribution in [0.1, 0.15) is 24.5 Å². The van der Waals surface area contributed by atoms with Crippen molar-refractivity contribution in [2.75, 3.05) is 5.75 Å². The van der Waals surface area contributed by atoms with E-state index in [1.165, 1.54) is 0 Å². The van der Waals surface area contributed by atoms with Gasteiger partial charge >= 0.3 is 0 Å². The molecule has 3 rings (SSSR count). The fourth-order valence-corrected chi connectivity index (χ4v) is 4.05. The van der Waals surface area contributed by atoms with Gasteiger partial charge in [0.05, 0.1) is 0 Å². The van der Waals surface area contributed by atoms with E-state index in [0.717, 1.165) is 46.9 Å². The minimum atomic E-state index is 0.364. The molecule has 0 fully saturated rings. The van der Waals surface area contributed by atoms with Crippen LogP contribution in [0, 0.1) is 0 Å². The third kappa shape index (κ3) is 2.06. The fourth-order valence-electron chi connectivity index (χ4n) is 3.01. The summed E-state index contributed by atoms with van der Waals surface area (Å²) in [4.78, 5) is 0. The topological polar surface area (TPSA) is 40.5 Å². The molecule has 2 aromatic rings. The van der Waals surface area contributed by atoms with Gasteiger partial charge in [0.2, 0.25) is 0 Å². The first-order chi connectivity index (χ1) is 9.22. The standard InChI is InChI=1S/C16H18O2S/c1-2-19-10-7-8-13-14(9-10)16(18)12-6-4-3-5-11(12)15(13)17/h3-6,10,17-18H,2,7-9H2,1H3. The lowest BCUT2D eigenvalue weighted by Gasteiger charge is -2.26. The Kier molecular flexibility index (Phi) is 3.31. The maximum absolute atomic E-state index is 10.5. The van der Waals surface area contributed by atoms with Crippen LogP contribution in [0.4, 0.5) is 0 Å². The molecule has 100 valence electrons. The molecule has 0 spiro atoms. The number of phenols is 2. The van der Waals surface area contributed by atoms with Gasteiger partial charge in [-0.3, -0.25) is 0 Å². The number of hydrogen-bond acceptors (Lipinski definition) is 3. The van der Waals surface area contributed by atoms with Crippen molar-refractivity contribution < 1.29 is 10.2 Å². The minimum Gasteiger partial charge on any atom is -0.507 e. The summed E-state index contributed by atoms with van der Waals surface area (Å²) in [6.45, 7) is 2.16. The molecule has 0 aliphatic heterocycles. The highest BCUT2D eigenvalue weighted by Gasteiger charge is 2.25. The van der Waals surface area contributed by atoms with Crippen LogP contribution < -0.4 is 0 Å². The van der Waals surface area contributed by atoms with Crippen molar-refractivity contribution in [3.05, 3.63) is 35.4 Å². The SMILES string of the molecule is CCSC1CCc2c(c(O)c3ccccc3c2O)C1. The summed E-state index contributed by atoms with van der Waals surface area (Å²) >= 11 is 1.94. The van der Waals surface area contributed by atoms with E-state index in [1.54, 1.807) is 0 Å². The van der Waals surface area contributed by atoms with E-state index < -0.39 is 0 Å². The molecule has 0 saturated carbocycles. The average Bonchev–Trinajstić information content (AvgIpc) is 2.45. The predicted molar refractivity (Wildman–Crippen MR) is 81.2 cm³/mol. The van der Waals surface area contributed by atoms with Crippen molar-refractivity contribution >= 4 is 22.5 Å². The third-order valence-corrected chi connectivity index (χ3v) is 5.13. The summed E-state index contributed by atoms with van der Waals surface area (Å²) in [5, 5.41) is 23.0. The van der Waals surface area contributed by atoms with Gasteiger partial charge in [-0.05, 0) is 25.0 Å². The summed E-state index contributed by atoms with van der Waals surface area (Å²) in [6, 6.07) is 7.54. The molecular formula is C16H18O2S. The molecule has 0 saturated heterocycles. The van der Waals surface area contributed by atoms with Crippen LogP contribution in [-0.2, 0) is 12.8 Å². The van der Waals surface area contributed by atoms with Crippen LogP contribution in [0.15, 0.2) is 24.3 Å². The number of fused-ring (bicyclic) bond motifs is 2. The van der Waals surface area contributed by atoms with Crippen LogP contribution in [0.3, 0.4) is 0 Å². The molecule has 2 nitrogen and oxygen atoms in total. The Balaban J connectivity index is 2.16. The first kappa shape index (κ1) is 12.7. The van der Waals surface area contributed by atoms with Crippen molar-refractivity contribution in [1.82, 2.24) is 0 Å². The maximum atomic E-state index is 10.5. The number of benzene rings is 2. The van der Waals surface area contributed by atoms with Gasteiger partial charge in [-0.15, -0.1) is 0 Å². The second kappa shape index (κ2) is 4.97. The number of rotatable bonds is 2. The molecule has 0 radical (unpaired) electrons. The zero-order valence-electron chi connectivity index (χ0n) is 11.0. The lowest BCUT2D eigenvalue weighted by atomic mass is 9.87. The van der Waals surface area contributed by atoms with Crippen LogP contribution in [-0.4, -0.2) is 21.2 Å². The van der Waals surface area contributed by atoms with E-state index in [2.05, 4.69) is 6.92 Å². The van der Waals surface area contributed by atoms with E-state index in [9.17, 15) is 10.2 Å². The Morgan fingerprint density at radius 2 is 1.74 bits per heavy atom. The molecule has 0 heterocycles. The highest BCUT2D eigenvalue weighted by Crippen LogP contribution is 2.44. The van der Waals surface area contributed by atoms with Gasteiger partial charge in [-0.1, -0.05) is 31.2 Å². The average molecular weight is 274 g/mol. The third-order valence-electron chi connectivity index (χ3n) is 3.92. The molecule has 1 atom stereocenters. The lowest BCUT2D eigenvalue weighted by Crippen LogP contribution is -2.17. The summed E-state index contributed by atoms with van der Waals surface area (Å²) in [5.41, 5.74) is 1.90. The van der Waals surface area contributed by atoms with E-state index in [-0.39, 0.29) is 0 Å². The van der Waals surface area contributed by atoms with Crippen molar-refractivity contribution in [3.8, 4) is 11.5 Å². The molecule has 19 heavy (non-hydrogen) atoms. The van der Waals surface area contributed by atoms with Crippen LogP contribution in [0.25, 0.3) is 10.8 Å². The minimum absolute atomic E-state index is 0.364. The van der Waals surface area contributed by atoms with Gasteiger partial charge in [0.25, 0.3) is 0 Å². The van der Waals surface area contributed by atoms with Gasteiger partial charge in [0.15, 0.2) is 0 Å². The van der Waals surface area contributed by atoms with Gasteiger partial charge < -0.3 is 10.2 Å². The Morgan fingerprint density at radius 1 is 1.11 bits per heavy atom. The summed E-state index contributed by atoms with van der Waals surface area (Å²) < 4.78 is 0. The predicted octanol–water partition coefficient (Wildman–Crippen LogP) is 3.86. The zero-order valence-corrected chi connectivity index (χ0v) is 11.8. The molecule has 0 bridgehead atoms. The van der Waals surface area contributed by atoms with E-state index in [0.29, 0.717) is 16.7 Å². The lowest BCUT2D eigenvalue weighted by molar-refractivity contribution is 0.450. The normalized spacial score (nSPS) is 18.5. The maximum Gasteiger partial charge on any atom is 0.127 e. The van der Waals surface area contributed by atoms with Crippen LogP contribution in [0.5, 0.6) is 11.5 Å². The van der Waals surface area contributed by atoms with E-state index in [4.69, 9.17) is 0 Å². The van der Waals surface area contributed by atoms with Gasteiger partial charge in [0.1, 0.15) is 11.5 Å². The highest BCUT2D eigenvalue weighted by atomic mass is 32.2. The smallest absolute Gasteiger partial charge is 0.127 e. The second-order valence-corrected chi connectivity index (χ2v) is 6.60. The van der Waals surface area contributed by atoms with Gasteiger partial charge in [-0.25, -0.2) is 0 Å². The number of phenolic OH excluding ortho intramolecular Hbond substituents is 2. The molecule has 3 heteroatoms. The number of hydrogen-bond donors (Lipinski definition) is 2. The number of thioether (sulfide) groups is 1. The molecule has 1 aliphatic rings. The quantitative estimate of drug-likeness (QED) is 0.817. The van der Waals surface area contributed by atoms with Crippen molar-refractivity contribution in [2.24, 2.45) is 0 Å². The van der Waals surface area contributed by atoms with E-state index >= 15 is 0 Å². The Bertz CT molecular complexity index is 622. The van der Waals surface area contributed by atoms with Crippen molar-refractivity contribution in [3.63, 3.8) is 0 Å². The largest absolute Gasteiger partial charge is 0.507 e. The Labute approximate surface area is 117 Å². The highest BCUT2D eigenvalue weighted by molar-refractivity contribution is 7.99. The molecule has 0 amide bonds. The van der Waals surface area contributed by atoms with Crippen molar-refractivity contribution in [1.29, 1.82) is 0 Å². The van der Waals surface area contributed by atoms with Crippen LogP contribution in [0.2, 0.25) is 0 Å².